The fraction of sp³-hybridized carbons (Fsp3) is 0.952. The molecule has 158 valence electrons. The first-order valence-corrected chi connectivity index (χ1v) is 11.1. The minimum absolute atomic E-state index is 0.159. The minimum atomic E-state index is 0.159. The summed E-state index contributed by atoms with van der Waals surface area (Å²) >= 11 is 0. The van der Waals surface area contributed by atoms with E-state index in [0.717, 1.165) is 44.6 Å². The standard InChI is InChI=1S/C21H43N5O/c1-18(2)15-24-9-5-20(6-10-24)16-25-11-13-26(14-12-25)17-21(27)23-8-7-22-19(3)4/h18-20,22H,5-17H2,1-4H3,(H,23,27). The van der Waals surface area contributed by atoms with Crippen LogP contribution in [0.1, 0.15) is 40.5 Å². The smallest absolute Gasteiger partial charge is 0.234 e. The highest BCUT2D eigenvalue weighted by atomic mass is 16.2. The van der Waals surface area contributed by atoms with Crippen molar-refractivity contribution in [2.45, 2.75) is 46.6 Å². The maximum Gasteiger partial charge on any atom is 0.234 e. The summed E-state index contributed by atoms with van der Waals surface area (Å²) in [5.74, 6) is 1.79. The van der Waals surface area contributed by atoms with Crippen LogP contribution >= 0.6 is 0 Å². The Hall–Kier alpha value is -0.690. The first kappa shape index (κ1) is 22.6. The van der Waals surface area contributed by atoms with E-state index >= 15 is 0 Å². The maximum absolute atomic E-state index is 12.1. The van der Waals surface area contributed by atoms with E-state index in [1.807, 2.05) is 0 Å². The Balaban J connectivity index is 1.54. The number of carbonyl (C=O) groups excluding carboxylic acids is 1. The summed E-state index contributed by atoms with van der Waals surface area (Å²) in [5, 5.41) is 6.34. The second kappa shape index (κ2) is 12.0. The van der Waals surface area contributed by atoms with Crippen molar-refractivity contribution in [2.24, 2.45) is 11.8 Å². The van der Waals surface area contributed by atoms with E-state index in [-0.39, 0.29) is 5.91 Å². The summed E-state index contributed by atoms with van der Waals surface area (Å²) < 4.78 is 0. The molecule has 0 aromatic rings. The molecule has 6 nitrogen and oxygen atoms in total. The third-order valence-corrected chi connectivity index (χ3v) is 5.68. The van der Waals surface area contributed by atoms with Gasteiger partial charge in [-0.15, -0.1) is 0 Å². The highest BCUT2D eigenvalue weighted by Crippen LogP contribution is 2.20. The van der Waals surface area contributed by atoms with Crippen LogP contribution in [-0.4, -0.2) is 98.6 Å². The van der Waals surface area contributed by atoms with Crippen molar-refractivity contribution in [3.05, 3.63) is 0 Å². The summed E-state index contributed by atoms with van der Waals surface area (Å²) in [6.45, 7) is 20.3. The van der Waals surface area contributed by atoms with Crippen LogP contribution in [-0.2, 0) is 4.79 Å². The third-order valence-electron chi connectivity index (χ3n) is 5.68. The van der Waals surface area contributed by atoms with Gasteiger partial charge in [0.1, 0.15) is 0 Å². The molecule has 2 aliphatic rings. The third kappa shape index (κ3) is 9.37. The molecule has 6 heteroatoms. The van der Waals surface area contributed by atoms with Gasteiger partial charge in [-0.3, -0.25) is 9.69 Å². The van der Waals surface area contributed by atoms with Gasteiger partial charge in [-0.1, -0.05) is 27.7 Å². The number of hydrogen-bond acceptors (Lipinski definition) is 5. The average molecular weight is 382 g/mol. The second-order valence-electron chi connectivity index (χ2n) is 9.17. The molecule has 0 saturated carbocycles. The molecule has 0 bridgehead atoms. The molecule has 0 spiro atoms. The fourth-order valence-electron chi connectivity index (χ4n) is 4.18. The molecule has 2 saturated heterocycles. The second-order valence-corrected chi connectivity index (χ2v) is 9.17. The normalized spacial score (nSPS) is 21.3. The zero-order valence-electron chi connectivity index (χ0n) is 18.2. The molecule has 0 aromatic heterocycles. The van der Waals surface area contributed by atoms with Crippen LogP contribution < -0.4 is 10.6 Å². The largest absolute Gasteiger partial charge is 0.354 e. The van der Waals surface area contributed by atoms with E-state index in [2.05, 4.69) is 53.0 Å². The lowest BCUT2D eigenvalue weighted by molar-refractivity contribution is -0.122. The Bertz CT molecular complexity index is 413. The molecule has 2 fully saturated rings. The van der Waals surface area contributed by atoms with E-state index < -0.39 is 0 Å². The number of likely N-dealkylation sites (tertiary alicyclic amines) is 1. The molecular weight excluding hydrogens is 338 g/mol. The van der Waals surface area contributed by atoms with Crippen molar-refractivity contribution in [1.29, 1.82) is 0 Å². The van der Waals surface area contributed by atoms with Gasteiger partial charge in [-0.2, -0.15) is 0 Å². The zero-order chi connectivity index (χ0) is 19.6. The molecular formula is C21H43N5O. The molecule has 2 N–H and O–H groups in total. The minimum Gasteiger partial charge on any atom is -0.354 e. The van der Waals surface area contributed by atoms with Crippen LogP contribution in [0.2, 0.25) is 0 Å². The molecule has 0 atom stereocenters. The first-order chi connectivity index (χ1) is 12.9. The number of amides is 1. The highest BCUT2D eigenvalue weighted by molar-refractivity contribution is 5.78. The molecule has 1 amide bonds. The van der Waals surface area contributed by atoms with Gasteiger partial charge in [0.2, 0.25) is 5.91 Å². The van der Waals surface area contributed by atoms with Gasteiger partial charge in [-0.05, 0) is 37.8 Å². The number of piperazine rings is 1. The van der Waals surface area contributed by atoms with E-state index in [1.165, 1.54) is 39.0 Å². The van der Waals surface area contributed by atoms with Crippen molar-refractivity contribution in [2.75, 3.05) is 72.0 Å². The van der Waals surface area contributed by atoms with Crippen molar-refractivity contribution in [3.63, 3.8) is 0 Å². The van der Waals surface area contributed by atoms with Gasteiger partial charge in [0.05, 0.1) is 6.54 Å². The van der Waals surface area contributed by atoms with Crippen LogP contribution in [0.15, 0.2) is 0 Å². The van der Waals surface area contributed by atoms with E-state index in [0.29, 0.717) is 19.1 Å². The molecule has 0 aliphatic carbocycles. The lowest BCUT2D eigenvalue weighted by Gasteiger charge is -2.39. The SMILES string of the molecule is CC(C)CN1CCC(CN2CCN(CC(=O)NCCNC(C)C)CC2)CC1. The molecule has 0 radical (unpaired) electrons. The summed E-state index contributed by atoms with van der Waals surface area (Å²) in [7, 11) is 0. The lowest BCUT2D eigenvalue weighted by Crippen LogP contribution is -2.51. The van der Waals surface area contributed by atoms with Gasteiger partial charge < -0.3 is 20.4 Å². The first-order valence-electron chi connectivity index (χ1n) is 11.1. The summed E-state index contributed by atoms with van der Waals surface area (Å²) in [5.41, 5.74) is 0. The Kier molecular flexibility index (Phi) is 10.0. The zero-order valence-corrected chi connectivity index (χ0v) is 18.2. The predicted octanol–water partition coefficient (Wildman–Crippen LogP) is 1.09. The van der Waals surface area contributed by atoms with Gasteiger partial charge in [-0.25, -0.2) is 0 Å². The van der Waals surface area contributed by atoms with Gasteiger partial charge in [0, 0.05) is 58.4 Å². The van der Waals surface area contributed by atoms with Crippen LogP contribution in [0.25, 0.3) is 0 Å². The van der Waals surface area contributed by atoms with Crippen molar-refractivity contribution < 1.29 is 4.79 Å². The monoisotopic (exact) mass is 381 g/mol. The van der Waals surface area contributed by atoms with Crippen LogP contribution in [0.4, 0.5) is 0 Å². The van der Waals surface area contributed by atoms with E-state index in [9.17, 15) is 4.79 Å². The van der Waals surface area contributed by atoms with E-state index in [4.69, 9.17) is 0 Å². The molecule has 2 aliphatic heterocycles. The van der Waals surface area contributed by atoms with Crippen LogP contribution in [0, 0.1) is 11.8 Å². The number of nitrogens with one attached hydrogen (secondary N) is 2. The van der Waals surface area contributed by atoms with Gasteiger partial charge in [0.25, 0.3) is 0 Å². The molecule has 0 unspecified atom stereocenters. The number of carbonyl (C=O) groups is 1. The Morgan fingerprint density at radius 2 is 1.52 bits per heavy atom. The van der Waals surface area contributed by atoms with E-state index in [1.54, 1.807) is 0 Å². The van der Waals surface area contributed by atoms with Crippen molar-refractivity contribution in [1.82, 2.24) is 25.3 Å². The summed E-state index contributed by atoms with van der Waals surface area (Å²) in [6.07, 6.45) is 2.69. The maximum atomic E-state index is 12.1. The lowest BCUT2D eigenvalue weighted by atomic mass is 9.95. The Morgan fingerprint density at radius 1 is 0.889 bits per heavy atom. The van der Waals surface area contributed by atoms with Crippen molar-refractivity contribution in [3.8, 4) is 0 Å². The summed E-state index contributed by atoms with van der Waals surface area (Å²) in [4.78, 5) is 19.6. The molecule has 27 heavy (non-hydrogen) atoms. The number of hydrogen-bond donors (Lipinski definition) is 2. The number of nitrogens with zero attached hydrogens (tertiary/aromatic N) is 3. The predicted molar refractivity (Wildman–Crippen MR) is 113 cm³/mol. The highest BCUT2D eigenvalue weighted by Gasteiger charge is 2.24. The average Bonchev–Trinajstić information content (AvgIpc) is 2.61. The topological polar surface area (TPSA) is 50.9 Å². The Morgan fingerprint density at radius 3 is 2.11 bits per heavy atom. The Labute approximate surface area is 167 Å². The van der Waals surface area contributed by atoms with Crippen molar-refractivity contribution >= 4 is 5.91 Å². The van der Waals surface area contributed by atoms with Gasteiger partial charge >= 0.3 is 0 Å². The fourth-order valence-corrected chi connectivity index (χ4v) is 4.18. The quantitative estimate of drug-likeness (QED) is 0.555. The summed E-state index contributed by atoms with van der Waals surface area (Å²) in [6, 6.07) is 0.470. The molecule has 2 heterocycles. The van der Waals surface area contributed by atoms with Crippen LogP contribution in [0.5, 0.6) is 0 Å². The van der Waals surface area contributed by atoms with Crippen LogP contribution in [0.3, 0.4) is 0 Å². The number of piperidine rings is 1. The van der Waals surface area contributed by atoms with Gasteiger partial charge in [0.15, 0.2) is 0 Å². The molecule has 0 aromatic carbocycles. The number of rotatable bonds is 10. The molecule has 2 rings (SSSR count).